The third kappa shape index (κ3) is 3.86. The molecule has 1 saturated heterocycles. The van der Waals surface area contributed by atoms with E-state index in [1.807, 2.05) is 17.0 Å². The molecule has 0 aliphatic carbocycles. The van der Waals surface area contributed by atoms with Gasteiger partial charge in [-0.1, -0.05) is 12.1 Å². The molecule has 6 heteroatoms. The van der Waals surface area contributed by atoms with Crippen LogP contribution in [0, 0.1) is 0 Å². The van der Waals surface area contributed by atoms with E-state index in [1.54, 1.807) is 13.2 Å². The molecule has 0 spiro atoms. The van der Waals surface area contributed by atoms with Crippen LogP contribution in [0.3, 0.4) is 0 Å². The lowest BCUT2D eigenvalue weighted by Gasteiger charge is -2.38. The maximum absolute atomic E-state index is 12.5. The lowest BCUT2D eigenvalue weighted by atomic mass is 10.1. The maximum atomic E-state index is 12.5. The molecule has 1 aromatic carbocycles. The quantitative estimate of drug-likeness (QED) is 0.902. The normalized spacial score (nSPS) is 16.7. The number of hydrogen-bond acceptors (Lipinski definition) is 5. The Labute approximate surface area is 148 Å². The predicted molar refractivity (Wildman–Crippen MR) is 95.5 cm³/mol. The third-order valence-electron chi connectivity index (χ3n) is 4.83. The van der Waals surface area contributed by atoms with Gasteiger partial charge in [-0.2, -0.15) is 0 Å². The number of nitrogens with zero attached hydrogens (tertiary/aromatic N) is 2. The molecule has 0 saturated carbocycles. The standard InChI is InChI=1S/C19H25N3O3/c1-14(15-4-3-5-17(10-15)24-2)21-6-8-22(9-7-21)19(23)16-11-18(12-20)25-13-16/h3-5,10-11,13-14H,6-9,12,20H2,1-2H3. The van der Waals surface area contributed by atoms with E-state index in [1.165, 1.54) is 11.8 Å². The minimum atomic E-state index is 0.0112. The highest BCUT2D eigenvalue weighted by Gasteiger charge is 2.26. The third-order valence-corrected chi connectivity index (χ3v) is 4.83. The monoisotopic (exact) mass is 343 g/mol. The molecule has 1 atom stereocenters. The molecule has 1 aromatic heterocycles. The van der Waals surface area contributed by atoms with E-state index >= 15 is 0 Å². The van der Waals surface area contributed by atoms with E-state index in [4.69, 9.17) is 14.9 Å². The minimum absolute atomic E-state index is 0.0112. The van der Waals surface area contributed by atoms with Crippen LogP contribution in [0.15, 0.2) is 41.0 Å². The zero-order valence-corrected chi connectivity index (χ0v) is 14.8. The Kier molecular flexibility index (Phi) is 5.40. The molecular weight excluding hydrogens is 318 g/mol. The number of amides is 1. The van der Waals surface area contributed by atoms with Crippen LogP contribution in [0.4, 0.5) is 0 Å². The Morgan fingerprint density at radius 1 is 1.28 bits per heavy atom. The molecule has 0 bridgehead atoms. The Hall–Kier alpha value is -2.31. The van der Waals surface area contributed by atoms with Crippen molar-refractivity contribution in [2.45, 2.75) is 19.5 Å². The summed E-state index contributed by atoms with van der Waals surface area (Å²) in [6.45, 7) is 5.58. The number of furan rings is 1. The zero-order valence-electron chi connectivity index (χ0n) is 14.8. The van der Waals surface area contributed by atoms with Crippen molar-refractivity contribution in [1.82, 2.24) is 9.80 Å². The van der Waals surface area contributed by atoms with E-state index in [0.717, 1.165) is 18.8 Å². The number of carbonyl (C=O) groups is 1. The van der Waals surface area contributed by atoms with Gasteiger partial charge in [0.25, 0.3) is 5.91 Å². The van der Waals surface area contributed by atoms with Gasteiger partial charge in [0.1, 0.15) is 17.8 Å². The summed E-state index contributed by atoms with van der Waals surface area (Å²) in [5, 5.41) is 0. The Balaban J connectivity index is 1.60. The highest BCUT2D eigenvalue weighted by atomic mass is 16.5. The van der Waals surface area contributed by atoms with Gasteiger partial charge in [-0.3, -0.25) is 9.69 Å². The molecular formula is C19H25N3O3. The molecule has 0 radical (unpaired) electrons. The molecule has 1 unspecified atom stereocenters. The fourth-order valence-electron chi connectivity index (χ4n) is 3.21. The molecule has 1 amide bonds. The molecule has 1 aliphatic heterocycles. The number of nitrogens with two attached hydrogens (primary N) is 1. The van der Waals surface area contributed by atoms with Crippen LogP contribution in [0.25, 0.3) is 0 Å². The molecule has 2 heterocycles. The summed E-state index contributed by atoms with van der Waals surface area (Å²) in [5.41, 5.74) is 7.34. The van der Waals surface area contributed by atoms with Crippen LogP contribution in [0.2, 0.25) is 0 Å². The molecule has 1 aliphatic rings. The highest BCUT2D eigenvalue weighted by Crippen LogP contribution is 2.25. The topological polar surface area (TPSA) is 71.9 Å². The van der Waals surface area contributed by atoms with Gasteiger partial charge in [0.05, 0.1) is 19.2 Å². The summed E-state index contributed by atoms with van der Waals surface area (Å²) in [7, 11) is 1.68. The van der Waals surface area contributed by atoms with Gasteiger partial charge in [0.2, 0.25) is 0 Å². The van der Waals surface area contributed by atoms with Gasteiger partial charge in [-0.25, -0.2) is 0 Å². The number of piperazine rings is 1. The molecule has 25 heavy (non-hydrogen) atoms. The molecule has 2 aromatic rings. The second-order valence-electron chi connectivity index (χ2n) is 6.29. The van der Waals surface area contributed by atoms with Crippen molar-refractivity contribution in [1.29, 1.82) is 0 Å². The number of hydrogen-bond donors (Lipinski definition) is 1. The first-order chi connectivity index (χ1) is 12.1. The SMILES string of the molecule is COc1cccc(C(C)N2CCN(C(=O)c3coc(CN)c3)CC2)c1. The summed E-state index contributed by atoms with van der Waals surface area (Å²) >= 11 is 0. The lowest BCUT2D eigenvalue weighted by molar-refractivity contribution is 0.0581. The number of rotatable bonds is 5. The zero-order chi connectivity index (χ0) is 17.8. The summed E-state index contributed by atoms with van der Waals surface area (Å²) < 4.78 is 10.6. The predicted octanol–water partition coefficient (Wildman–Crippen LogP) is 2.27. The lowest BCUT2D eigenvalue weighted by Crippen LogP contribution is -2.49. The van der Waals surface area contributed by atoms with E-state index in [0.29, 0.717) is 31.0 Å². The van der Waals surface area contributed by atoms with Crippen molar-refractivity contribution in [2.75, 3.05) is 33.3 Å². The smallest absolute Gasteiger partial charge is 0.257 e. The van der Waals surface area contributed by atoms with E-state index in [-0.39, 0.29) is 11.9 Å². The first-order valence-electron chi connectivity index (χ1n) is 8.57. The van der Waals surface area contributed by atoms with Crippen LogP contribution in [0.5, 0.6) is 5.75 Å². The van der Waals surface area contributed by atoms with Crippen LogP contribution < -0.4 is 10.5 Å². The number of methoxy groups -OCH3 is 1. The summed E-state index contributed by atoms with van der Waals surface area (Å²) in [5.74, 6) is 1.51. The van der Waals surface area contributed by atoms with Crippen LogP contribution >= 0.6 is 0 Å². The first-order valence-corrected chi connectivity index (χ1v) is 8.57. The maximum Gasteiger partial charge on any atom is 0.257 e. The summed E-state index contributed by atoms with van der Waals surface area (Å²) in [6.07, 6.45) is 1.50. The van der Waals surface area contributed by atoms with E-state index < -0.39 is 0 Å². The Bertz CT molecular complexity index is 720. The highest BCUT2D eigenvalue weighted by molar-refractivity contribution is 5.94. The fraction of sp³-hybridized carbons (Fsp3) is 0.421. The largest absolute Gasteiger partial charge is 0.497 e. The molecule has 3 rings (SSSR count). The van der Waals surface area contributed by atoms with Gasteiger partial charge < -0.3 is 19.8 Å². The van der Waals surface area contributed by atoms with Crippen molar-refractivity contribution in [3.63, 3.8) is 0 Å². The second kappa shape index (κ2) is 7.72. The van der Waals surface area contributed by atoms with Crippen molar-refractivity contribution in [2.24, 2.45) is 5.73 Å². The van der Waals surface area contributed by atoms with Gasteiger partial charge in [0.15, 0.2) is 0 Å². The first kappa shape index (κ1) is 17.5. The van der Waals surface area contributed by atoms with Crippen molar-refractivity contribution in [3.8, 4) is 5.75 Å². The summed E-state index contributed by atoms with van der Waals surface area (Å²) in [4.78, 5) is 16.8. The van der Waals surface area contributed by atoms with Crippen LogP contribution in [-0.2, 0) is 6.54 Å². The Morgan fingerprint density at radius 2 is 2.04 bits per heavy atom. The van der Waals surface area contributed by atoms with Crippen LogP contribution in [-0.4, -0.2) is 49.0 Å². The summed E-state index contributed by atoms with van der Waals surface area (Å²) in [6, 6.07) is 10.2. The van der Waals surface area contributed by atoms with Gasteiger partial charge in [0, 0.05) is 32.2 Å². The molecule has 134 valence electrons. The number of ether oxygens (including phenoxy) is 1. The van der Waals surface area contributed by atoms with Gasteiger partial charge in [-0.05, 0) is 30.7 Å². The molecule has 6 nitrogen and oxygen atoms in total. The van der Waals surface area contributed by atoms with Gasteiger partial charge >= 0.3 is 0 Å². The van der Waals surface area contributed by atoms with Crippen molar-refractivity contribution >= 4 is 5.91 Å². The van der Waals surface area contributed by atoms with Crippen LogP contribution in [0.1, 0.15) is 34.6 Å². The van der Waals surface area contributed by atoms with E-state index in [9.17, 15) is 4.79 Å². The average molecular weight is 343 g/mol. The van der Waals surface area contributed by atoms with E-state index in [2.05, 4.69) is 24.0 Å². The molecule has 2 N–H and O–H groups in total. The fourth-order valence-corrected chi connectivity index (χ4v) is 3.21. The van der Waals surface area contributed by atoms with Crippen molar-refractivity contribution < 1.29 is 13.9 Å². The van der Waals surface area contributed by atoms with Crippen molar-refractivity contribution in [3.05, 3.63) is 53.5 Å². The van der Waals surface area contributed by atoms with Gasteiger partial charge in [-0.15, -0.1) is 0 Å². The Morgan fingerprint density at radius 3 is 2.68 bits per heavy atom. The minimum Gasteiger partial charge on any atom is -0.497 e. The number of benzene rings is 1. The molecule has 1 fully saturated rings. The number of carbonyl (C=O) groups excluding carboxylic acids is 1. The average Bonchev–Trinajstić information content (AvgIpc) is 3.16. The second-order valence-corrected chi connectivity index (χ2v) is 6.29.